The number of ether oxygens (including phenoxy) is 1. The van der Waals surface area contributed by atoms with Crippen LogP contribution in [0, 0.1) is 5.41 Å². The Balaban J connectivity index is 1.88. The molecule has 1 aliphatic heterocycles. The van der Waals surface area contributed by atoms with Gasteiger partial charge in [0, 0.05) is 38.5 Å². The van der Waals surface area contributed by atoms with Crippen LogP contribution in [0.15, 0.2) is 12.3 Å². The molecule has 0 saturated carbocycles. The van der Waals surface area contributed by atoms with Crippen LogP contribution < -0.4 is 4.74 Å². The summed E-state index contributed by atoms with van der Waals surface area (Å²) in [6, 6.07) is 0.532. The third kappa shape index (κ3) is 5.35. The van der Waals surface area contributed by atoms with E-state index in [1.54, 1.807) is 4.90 Å². The summed E-state index contributed by atoms with van der Waals surface area (Å²) in [5.41, 5.74) is -1.10. The summed E-state index contributed by atoms with van der Waals surface area (Å²) < 4.78 is 43.4. The summed E-state index contributed by atoms with van der Waals surface area (Å²) >= 11 is 0. The lowest BCUT2D eigenvalue weighted by Crippen LogP contribution is -2.43. The highest BCUT2D eigenvalue weighted by molar-refractivity contribution is 5.76. The van der Waals surface area contributed by atoms with Crippen LogP contribution >= 0.6 is 0 Å². The molecule has 1 saturated heterocycles. The molecule has 24 heavy (non-hydrogen) atoms. The number of hydrogen-bond donors (Lipinski definition) is 0. The minimum Gasteiger partial charge on any atom is -0.460 e. The predicted molar refractivity (Wildman–Crippen MR) is 81.3 cm³/mol. The van der Waals surface area contributed by atoms with Gasteiger partial charge in [0.2, 0.25) is 5.91 Å². The van der Waals surface area contributed by atoms with Gasteiger partial charge in [0.1, 0.15) is 6.10 Å². The smallest absolute Gasteiger partial charge is 0.433 e. The number of amides is 1. The van der Waals surface area contributed by atoms with Crippen molar-refractivity contribution in [1.82, 2.24) is 14.9 Å². The van der Waals surface area contributed by atoms with Crippen LogP contribution in [-0.4, -0.2) is 40.0 Å². The molecule has 1 aromatic rings. The quantitative estimate of drug-likeness (QED) is 0.843. The molecule has 134 valence electrons. The maximum Gasteiger partial charge on any atom is 0.433 e. The van der Waals surface area contributed by atoms with Crippen LogP contribution in [0.4, 0.5) is 13.2 Å². The molecule has 2 heterocycles. The Hall–Kier alpha value is -1.86. The van der Waals surface area contributed by atoms with Gasteiger partial charge in [-0.3, -0.25) is 4.79 Å². The molecule has 1 aliphatic rings. The van der Waals surface area contributed by atoms with Gasteiger partial charge in [0.25, 0.3) is 0 Å². The standard InChI is InChI=1S/C16H22F3N3O2/c1-15(2,3)10-13(23)22-8-5-11(6-9-22)24-14-20-7-4-12(21-14)16(17,18)19/h4,7,11H,5-6,8-10H2,1-3H3. The Morgan fingerprint density at radius 2 is 1.92 bits per heavy atom. The van der Waals surface area contributed by atoms with Crippen molar-refractivity contribution in [2.75, 3.05) is 13.1 Å². The summed E-state index contributed by atoms with van der Waals surface area (Å²) in [6.45, 7) is 7.07. The highest BCUT2D eigenvalue weighted by atomic mass is 19.4. The number of rotatable bonds is 3. The highest BCUT2D eigenvalue weighted by Gasteiger charge is 2.33. The Kier molecular flexibility index (Phi) is 5.35. The van der Waals surface area contributed by atoms with Crippen molar-refractivity contribution in [3.63, 3.8) is 0 Å². The first-order valence-electron chi connectivity index (χ1n) is 7.89. The van der Waals surface area contributed by atoms with Crippen LogP contribution in [0.2, 0.25) is 0 Å². The average molecular weight is 345 g/mol. The van der Waals surface area contributed by atoms with E-state index in [1.807, 2.05) is 20.8 Å². The van der Waals surface area contributed by atoms with Crippen LogP contribution in [0.3, 0.4) is 0 Å². The fraction of sp³-hybridized carbons (Fsp3) is 0.688. The number of nitrogens with zero attached hydrogens (tertiary/aromatic N) is 3. The van der Waals surface area contributed by atoms with Crippen LogP contribution in [0.5, 0.6) is 6.01 Å². The molecule has 0 aromatic carbocycles. The van der Waals surface area contributed by atoms with E-state index in [1.165, 1.54) is 0 Å². The van der Waals surface area contributed by atoms with Crippen LogP contribution in [0.1, 0.15) is 45.7 Å². The molecule has 0 bridgehead atoms. The maximum absolute atomic E-state index is 12.6. The van der Waals surface area contributed by atoms with E-state index in [4.69, 9.17) is 4.74 Å². The van der Waals surface area contributed by atoms with E-state index >= 15 is 0 Å². The lowest BCUT2D eigenvalue weighted by molar-refractivity contribution is -0.142. The molecule has 0 atom stereocenters. The van der Waals surface area contributed by atoms with Gasteiger partial charge in [-0.05, 0) is 11.5 Å². The number of piperidine rings is 1. The van der Waals surface area contributed by atoms with Gasteiger partial charge in [-0.1, -0.05) is 20.8 Å². The molecule has 0 aliphatic carbocycles. The minimum atomic E-state index is -4.52. The summed E-state index contributed by atoms with van der Waals surface area (Å²) in [4.78, 5) is 21.1. The van der Waals surface area contributed by atoms with Gasteiger partial charge in [-0.15, -0.1) is 0 Å². The third-order valence-corrected chi connectivity index (χ3v) is 3.67. The van der Waals surface area contributed by atoms with Gasteiger partial charge >= 0.3 is 12.2 Å². The highest BCUT2D eigenvalue weighted by Crippen LogP contribution is 2.28. The first-order valence-corrected chi connectivity index (χ1v) is 7.89. The summed E-state index contributed by atoms with van der Waals surface area (Å²) in [5, 5.41) is 0. The van der Waals surface area contributed by atoms with Gasteiger partial charge in [0.05, 0.1) is 0 Å². The monoisotopic (exact) mass is 345 g/mol. The van der Waals surface area contributed by atoms with E-state index in [0.717, 1.165) is 12.3 Å². The molecular formula is C16H22F3N3O2. The van der Waals surface area contributed by atoms with E-state index in [-0.39, 0.29) is 23.4 Å². The van der Waals surface area contributed by atoms with Crippen molar-refractivity contribution >= 4 is 5.91 Å². The van der Waals surface area contributed by atoms with Gasteiger partial charge in [-0.2, -0.15) is 18.2 Å². The first-order chi connectivity index (χ1) is 11.0. The van der Waals surface area contributed by atoms with Gasteiger partial charge in [-0.25, -0.2) is 4.98 Å². The largest absolute Gasteiger partial charge is 0.460 e. The van der Waals surface area contributed by atoms with E-state index in [0.29, 0.717) is 32.4 Å². The second kappa shape index (κ2) is 6.94. The third-order valence-electron chi connectivity index (χ3n) is 3.67. The van der Waals surface area contributed by atoms with Gasteiger partial charge < -0.3 is 9.64 Å². The first kappa shape index (κ1) is 18.5. The molecule has 0 radical (unpaired) electrons. The number of carbonyl (C=O) groups is 1. The summed E-state index contributed by atoms with van der Waals surface area (Å²) in [7, 11) is 0. The average Bonchev–Trinajstić information content (AvgIpc) is 2.45. The Labute approximate surface area is 139 Å². The van der Waals surface area contributed by atoms with E-state index in [2.05, 4.69) is 9.97 Å². The fourth-order valence-corrected chi connectivity index (χ4v) is 2.49. The van der Waals surface area contributed by atoms with Crippen molar-refractivity contribution in [1.29, 1.82) is 0 Å². The molecule has 2 rings (SSSR count). The molecule has 0 N–H and O–H groups in total. The summed E-state index contributed by atoms with van der Waals surface area (Å²) in [6.07, 6.45) is -2.20. The lowest BCUT2D eigenvalue weighted by Gasteiger charge is -2.33. The zero-order valence-electron chi connectivity index (χ0n) is 14.1. The second-order valence-electron chi connectivity index (χ2n) is 7.16. The molecule has 0 unspecified atom stereocenters. The van der Waals surface area contributed by atoms with Crippen molar-refractivity contribution < 1.29 is 22.7 Å². The van der Waals surface area contributed by atoms with Crippen molar-refractivity contribution in [3.8, 4) is 6.01 Å². The SMILES string of the molecule is CC(C)(C)CC(=O)N1CCC(Oc2nccc(C(F)(F)F)n2)CC1. The van der Waals surface area contributed by atoms with Crippen LogP contribution in [-0.2, 0) is 11.0 Å². The van der Waals surface area contributed by atoms with Crippen LogP contribution in [0.25, 0.3) is 0 Å². The molecule has 1 aromatic heterocycles. The second-order valence-corrected chi connectivity index (χ2v) is 7.16. The normalized spacial score (nSPS) is 17.0. The van der Waals surface area contributed by atoms with E-state index in [9.17, 15) is 18.0 Å². The number of aromatic nitrogens is 2. The van der Waals surface area contributed by atoms with E-state index < -0.39 is 11.9 Å². The van der Waals surface area contributed by atoms with Gasteiger partial charge in [0.15, 0.2) is 5.69 Å². The molecule has 1 amide bonds. The number of hydrogen-bond acceptors (Lipinski definition) is 4. The number of alkyl halides is 3. The molecule has 5 nitrogen and oxygen atoms in total. The predicted octanol–water partition coefficient (Wildman–Crippen LogP) is 3.30. The molecule has 1 fully saturated rings. The van der Waals surface area contributed by atoms with Crippen molar-refractivity contribution in [3.05, 3.63) is 18.0 Å². The van der Waals surface area contributed by atoms with Crippen molar-refractivity contribution in [2.45, 2.75) is 52.3 Å². The Bertz CT molecular complexity index is 577. The molecular weight excluding hydrogens is 323 g/mol. The Morgan fingerprint density at radius 1 is 1.29 bits per heavy atom. The zero-order valence-corrected chi connectivity index (χ0v) is 14.1. The Morgan fingerprint density at radius 3 is 2.46 bits per heavy atom. The molecule has 0 spiro atoms. The number of likely N-dealkylation sites (tertiary alicyclic amines) is 1. The summed E-state index contributed by atoms with van der Waals surface area (Å²) in [5.74, 6) is 0.0938. The fourth-order valence-electron chi connectivity index (χ4n) is 2.49. The number of halogens is 3. The maximum atomic E-state index is 12.6. The van der Waals surface area contributed by atoms with Crippen molar-refractivity contribution in [2.24, 2.45) is 5.41 Å². The lowest BCUT2D eigenvalue weighted by atomic mass is 9.91. The minimum absolute atomic E-state index is 0.0731. The zero-order chi connectivity index (χ0) is 18.0. The topological polar surface area (TPSA) is 55.3 Å². The molecule has 8 heteroatoms. The number of carbonyl (C=O) groups excluding carboxylic acids is 1.